The van der Waals surface area contributed by atoms with Crippen LogP contribution in [0, 0.1) is 11.3 Å². The minimum Gasteiger partial charge on any atom is -0.301 e. The summed E-state index contributed by atoms with van der Waals surface area (Å²) >= 11 is 3.19. The summed E-state index contributed by atoms with van der Waals surface area (Å²) in [5.74, 6) is 0. The van der Waals surface area contributed by atoms with Crippen LogP contribution in [0.4, 0.5) is 0 Å². The molecule has 1 rings (SSSR count). The Morgan fingerprint density at radius 2 is 2.55 bits per heavy atom. The fraction of sp³-hybridized carbons (Fsp3) is 0.714. The second-order valence-corrected chi connectivity index (χ2v) is 3.47. The molecule has 60 valence electrons. The second kappa shape index (κ2) is 3.84. The summed E-state index contributed by atoms with van der Waals surface area (Å²) in [5.41, 5.74) is 0. The topological polar surface area (TPSA) is 44.1 Å². The molecule has 2 atom stereocenters. The van der Waals surface area contributed by atoms with Crippen molar-refractivity contribution in [3.8, 4) is 6.07 Å². The quantitative estimate of drug-likeness (QED) is 0.392. The number of hydrogen-bond acceptors (Lipinski definition) is 3. The van der Waals surface area contributed by atoms with E-state index in [-0.39, 0.29) is 11.0 Å². The van der Waals surface area contributed by atoms with Crippen LogP contribution in [0.25, 0.3) is 0 Å². The molecule has 0 N–H and O–H groups in total. The van der Waals surface area contributed by atoms with E-state index in [4.69, 9.17) is 5.26 Å². The van der Waals surface area contributed by atoms with Gasteiger partial charge < -0.3 is 4.79 Å². The number of likely N-dealkylation sites (tertiary alicyclic amines) is 1. The van der Waals surface area contributed by atoms with E-state index in [9.17, 15) is 4.79 Å². The highest BCUT2D eigenvalue weighted by molar-refractivity contribution is 9.09. The van der Waals surface area contributed by atoms with Crippen LogP contribution in [-0.2, 0) is 4.79 Å². The predicted octanol–water partition coefficient (Wildman–Crippen LogP) is 0.894. The first-order chi connectivity index (χ1) is 5.29. The van der Waals surface area contributed by atoms with Crippen molar-refractivity contribution >= 4 is 22.2 Å². The van der Waals surface area contributed by atoms with Crippen molar-refractivity contribution in [3.63, 3.8) is 0 Å². The summed E-state index contributed by atoms with van der Waals surface area (Å²) in [5, 5.41) is 8.65. The lowest BCUT2D eigenvalue weighted by Gasteiger charge is -2.20. The van der Waals surface area contributed by atoms with Gasteiger partial charge in [0.05, 0.1) is 12.1 Å². The maximum absolute atomic E-state index is 10.4. The zero-order valence-corrected chi connectivity index (χ0v) is 7.62. The maximum atomic E-state index is 10.4. The number of nitrogens with zero attached hydrogens (tertiary/aromatic N) is 2. The van der Waals surface area contributed by atoms with E-state index in [0.29, 0.717) is 0 Å². The molecule has 1 fully saturated rings. The highest BCUT2D eigenvalue weighted by Gasteiger charge is 2.28. The molecule has 0 bridgehead atoms. The Morgan fingerprint density at radius 1 is 1.82 bits per heavy atom. The third-order valence-corrected chi connectivity index (χ3v) is 2.61. The van der Waals surface area contributed by atoms with Crippen LogP contribution in [-0.4, -0.2) is 28.7 Å². The highest BCUT2D eigenvalue weighted by Crippen LogP contribution is 2.20. The van der Waals surface area contributed by atoms with Gasteiger partial charge in [0, 0.05) is 6.54 Å². The molecule has 0 radical (unpaired) electrons. The standard InChI is InChI=1S/C7H9BrN2O/c8-7(5-11)10-3-1-2-6(10)4-9/h5-7H,1-3H2/t6-,7?/m0/s1. The summed E-state index contributed by atoms with van der Waals surface area (Å²) in [7, 11) is 0. The fourth-order valence-corrected chi connectivity index (χ4v) is 1.79. The van der Waals surface area contributed by atoms with E-state index in [0.717, 1.165) is 25.7 Å². The van der Waals surface area contributed by atoms with Crippen molar-refractivity contribution in [2.24, 2.45) is 0 Å². The molecular formula is C7H9BrN2O. The molecular weight excluding hydrogens is 208 g/mol. The summed E-state index contributed by atoms with van der Waals surface area (Å²) in [4.78, 5) is 11.9. The molecule has 3 nitrogen and oxygen atoms in total. The first kappa shape index (κ1) is 8.69. The highest BCUT2D eigenvalue weighted by atomic mass is 79.9. The van der Waals surface area contributed by atoms with E-state index in [2.05, 4.69) is 22.0 Å². The van der Waals surface area contributed by atoms with Gasteiger partial charge in [-0.1, -0.05) is 15.9 Å². The monoisotopic (exact) mass is 216 g/mol. The first-order valence-corrected chi connectivity index (χ1v) is 4.46. The van der Waals surface area contributed by atoms with Gasteiger partial charge in [-0.05, 0) is 12.8 Å². The number of hydrogen-bond donors (Lipinski definition) is 0. The van der Waals surface area contributed by atoms with Gasteiger partial charge in [-0.2, -0.15) is 5.26 Å². The van der Waals surface area contributed by atoms with Crippen LogP contribution < -0.4 is 0 Å². The Morgan fingerprint density at radius 3 is 3.09 bits per heavy atom. The van der Waals surface area contributed by atoms with Crippen molar-refractivity contribution in [2.45, 2.75) is 23.8 Å². The number of rotatable bonds is 2. The van der Waals surface area contributed by atoms with Gasteiger partial charge in [0.2, 0.25) is 0 Å². The molecule has 4 heteroatoms. The van der Waals surface area contributed by atoms with E-state index in [1.807, 2.05) is 4.90 Å². The third kappa shape index (κ3) is 1.79. The summed E-state index contributed by atoms with van der Waals surface area (Å²) in [6.07, 6.45) is 2.70. The molecule has 0 aromatic carbocycles. The Bertz CT molecular complexity index is 189. The molecule has 1 unspecified atom stereocenters. The number of carbonyl (C=O) groups excluding carboxylic acids is 1. The minimum absolute atomic E-state index is 0.0791. The molecule has 0 aliphatic carbocycles. The van der Waals surface area contributed by atoms with Crippen LogP contribution in [0.5, 0.6) is 0 Å². The zero-order chi connectivity index (χ0) is 8.27. The molecule has 0 aromatic rings. The number of aldehydes is 1. The molecule has 0 amide bonds. The summed E-state index contributed by atoms with van der Waals surface area (Å²) in [6.45, 7) is 0.840. The zero-order valence-electron chi connectivity index (χ0n) is 6.03. The minimum atomic E-state index is -0.283. The normalized spacial score (nSPS) is 27.8. The van der Waals surface area contributed by atoms with Gasteiger partial charge in [-0.3, -0.25) is 4.90 Å². The van der Waals surface area contributed by atoms with Crippen LogP contribution in [0.15, 0.2) is 0 Å². The lowest BCUT2D eigenvalue weighted by Crippen LogP contribution is -2.35. The van der Waals surface area contributed by atoms with Gasteiger partial charge in [-0.15, -0.1) is 0 Å². The largest absolute Gasteiger partial charge is 0.301 e. The second-order valence-electron chi connectivity index (χ2n) is 2.53. The lowest BCUT2D eigenvalue weighted by molar-refractivity contribution is -0.109. The van der Waals surface area contributed by atoms with Gasteiger partial charge in [-0.25, -0.2) is 0 Å². The number of halogens is 1. The smallest absolute Gasteiger partial charge is 0.148 e. The van der Waals surface area contributed by atoms with Gasteiger partial charge in [0.25, 0.3) is 0 Å². The number of carbonyl (C=O) groups is 1. The summed E-state index contributed by atoms with van der Waals surface area (Å²) in [6, 6.07) is 2.09. The van der Waals surface area contributed by atoms with Gasteiger partial charge >= 0.3 is 0 Å². The molecule has 11 heavy (non-hydrogen) atoms. The van der Waals surface area contributed by atoms with Crippen molar-refractivity contribution in [3.05, 3.63) is 0 Å². The van der Waals surface area contributed by atoms with Crippen molar-refractivity contribution in [2.75, 3.05) is 6.54 Å². The molecule has 0 spiro atoms. The fourth-order valence-electron chi connectivity index (χ4n) is 1.30. The molecule has 1 saturated heterocycles. The third-order valence-electron chi connectivity index (χ3n) is 1.87. The van der Waals surface area contributed by atoms with E-state index < -0.39 is 0 Å². The molecule has 1 aliphatic rings. The van der Waals surface area contributed by atoms with Gasteiger partial charge in [0.15, 0.2) is 0 Å². The van der Waals surface area contributed by atoms with Crippen LogP contribution in [0.2, 0.25) is 0 Å². The Balaban J connectivity index is 2.57. The SMILES string of the molecule is N#C[C@@H]1CCCN1C(Br)C=O. The van der Waals surface area contributed by atoms with Crippen LogP contribution >= 0.6 is 15.9 Å². The van der Waals surface area contributed by atoms with E-state index in [1.54, 1.807) is 0 Å². The Kier molecular flexibility index (Phi) is 3.03. The molecule has 1 heterocycles. The molecule has 0 saturated carbocycles. The van der Waals surface area contributed by atoms with Crippen molar-refractivity contribution in [1.29, 1.82) is 5.26 Å². The molecule has 0 aromatic heterocycles. The van der Waals surface area contributed by atoms with Crippen molar-refractivity contribution < 1.29 is 4.79 Å². The van der Waals surface area contributed by atoms with Crippen LogP contribution in [0.3, 0.4) is 0 Å². The predicted molar refractivity (Wildman–Crippen MR) is 44.1 cm³/mol. The maximum Gasteiger partial charge on any atom is 0.148 e. The number of nitriles is 1. The lowest BCUT2D eigenvalue weighted by atomic mass is 10.2. The molecule has 1 aliphatic heterocycles. The average molecular weight is 217 g/mol. The van der Waals surface area contributed by atoms with E-state index in [1.165, 1.54) is 0 Å². The number of alkyl halides is 1. The Labute approximate surface area is 74.1 Å². The van der Waals surface area contributed by atoms with Crippen LogP contribution in [0.1, 0.15) is 12.8 Å². The van der Waals surface area contributed by atoms with Gasteiger partial charge in [0.1, 0.15) is 11.2 Å². The first-order valence-electron chi connectivity index (χ1n) is 3.54. The Hall–Kier alpha value is -0.400. The van der Waals surface area contributed by atoms with E-state index >= 15 is 0 Å². The average Bonchev–Trinajstić information content (AvgIpc) is 2.50. The summed E-state index contributed by atoms with van der Waals surface area (Å²) < 4.78 is 0. The van der Waals surface area contributed by atoms with Crippen molar-refractivity contribution in [1.82, 2.24) is 4.90 Å².